The van der Waals surface area contributed by atoms with E-state index in [0.29, 0.717) is 0 Å². The third-order valence-corrected chi connectivity index (χ3v) is 3.53. The van der Waals surface area contributed by atoms with Gasteiger partial charge in [0.2, 0.25) is 0 Å². The quantitative estimate of drug-likeness (QED) is 0.639. The number of nitrogens with one attached hydrogen (secondary N) is 1. The highest BCUT2D eigenvalue weighted by molar-refractivity contribution is 5.39. The number of nitrogens with two attached hydrogens (primary N) is 1. The molecule has 0 aliphatic carbocycles. The summed E-state index contributed by atoms with van der Waals surface area (Å²) in [5, 5.41) is 0. The summed E-state index contributed by atoms with van der Waals surface area (Å²) >= 11 is 0. The van der Waals surface area contributed by atoms with Crippen LogP contribution in [0.1, 0.15) is 33.9 Å². The highest BCUT2D eigenvalue weighted by atomic mass is 15.2. The van der Waals surface area contributed by atoms with E-state index in [1.165, 1.54) is 27.8 Å². The minimum absolute atomic E-state index is 0.0468. The summed E-state index contributed by atoms with van der Waals surface area (Å²) in [7, 11) is 0. The van der Waals surface area contributed by atoms with Gasteiger partial charge in [0.1, 0.15) is 0 Å². The Morgan fingerprint density at radius 1 is 0.889 bits per heavy atom. The molecule has 2 rings (SSSR count). The lowest BCUT2D eigenvalue weighted by molar-refractivity contribution is 0.633. The minimum atomic E-state index is 0.0468. The molecule has 2 aromatic carbocycles. The molecule has 0 heterocycles. The van der Waals surface area contributed by atoms with Gasteiger partial charge < -0.3 is 0 Å². The average Bonchev–Trinajstić information content (AvgIpc) is 2.37. The fourth-order valence-electron chi connectivity index (χ4n) is 2.22. The van der Waals surface area contributed by atoms with Gasteiger partial charge in [-0.25, -0.2) is 5.43 Å². The van der Waals surface area contributed by atoms with Gasteiger partial charge in [-0.05, 0) is 48.6 Å². The van der Waals surface area contributed by atoms with Crippen LogP contribution in [0, 0.1) is 20.8 Å². The van der Waals surface area contributed by atoms with Crippen LogP contribution in [0.3, 0.4) is 0 Å². The van der Waals surface area contributed by atoms with Crippen molar-refractivity contribution in [3.63, 3.8) is 0 Å². The first kappa shape index (κ1) is 12.8. The van der Waals surface area contributed by atoms with Crippen molar-refractivity contribution in [3.05, 3.63) is 70.3 Å². The van der Waals surface area contributed by atoms with Crippen molar-refractivity contribution in [2.75, 3.05) is 0 Å². The van der Waals surface area contributed by atoms with Crippen LogP contribution in [0.15, 0.2) is 42.5 Å². The van der Waals surface area contributed by atoms with Gasteiger partial charge in [-0.1, -0.05) is 42.5 Å². The van der Waals surface area contributed by atoms with E-state index >= 15 is 0 Å². The molecule has 0 aromatic heterocycles. The molecule has 2 heteroatoms. The number of aryl methyl sites for hydroxylation is 3. The zero-order chi connectivity index (χ0) is 13.1. The summed E-state index contributed by atoms with van der Waals surface area (Å²) < 4.78 is 0. The van der Waals surface area contributed by atoms with E-state index in [1.807, 2.05) is 12.1 Å². The van der Waals surface area contributed by atoms with Crippen LogP contribution in [-0.2, 0) is 0 Å². The van der Waals surface area contributed by atoms with Crippen molar-refractivity contribution >= 4 is 0 Å². The van der Waals surface area contributed by atoms with E-state index in [4.69, 9.17) is 5.84 Å². The van der Waals surface area contributed by atoms with Crippen LogP contribution >= 0.6 is 0 Å². The maximum Gasteiger partial charge on any atom is 0.0712 e. The van der Waals surface area contributed by atoms with Gasteiger partial charge in [0.25, 0.3) is 0 Å². The largest absolute Gasteiger partial charge is 0.271 e. The molecule has 2 nitrogen and oxygen atoms in total. The average molecular weight is 240 g/mol. The van der Waals surface area contributed by atoms with Gasteiger partial charge in [-0.15, -0.1) is 0 Å². The fraction of sp³-hybridized carbons (Fsp3) is 0.250. The Labute approximate surface area is 109 Å². The number of benzene rings is 2. The zero-order valence-electron chi connectivity index (χ0n) is 11.2. The first-order valence-electron chi connectivity index (χ1n) is 6.22. The molecule has 0 spiro atoms. The SMILES string of the molecule is Cc1ccc(C(NN)c2ccccc2C)cc1C. The van der Waals surface area contributed by atoms with Gasteiger partial charge in [0.05, 0.1) is 6.04 Å². The predicted molar refractivity (Wildman–Crippen MR) is 76.3 cm³/mol. The summed E-state index contributed by atoms with van der Waals surface area (Å²) in [6.07, 6.45) is 0. The van der Waals surface area contributed by atoms with Crippen LogP contribution in [0.5, 0.6) is 0 Å². The first-order valence-corrected chi connectivity index (χ1v) is 6.22. The molecule has 0 radical (unpaired) electrons. The maximum absolute atomic E-state index is 5.74. The third kappa shape index (κ3) is 2.45. The van der Waals surface area contributed by atoms with E-state index in [9.17, 15) is 0 Å². The van der Waals surface area contributed by atoms with E-state index in [2.05, 4.69) is 56.5 Å². The smallest absolute Gasteiger partial charge is 0.0712 e. The van der Waals surface area contributed by atoms with Gasteiger partial charge in [-0.3, -0.25) is 5.84 Å². The highest BCUT2D eigenvalue weighted by Gasteiger charge is 2.14. The second-order valence-electron chi connectivity index (χ2n) is 4.80. The molecule has 1 atom stereocenters. The lowest BCUT2D eigenvalue weighted by Crippen LogP contribution is -2.29. The Bertz CT molecular complexity index is 547. The van der Waals surface area contributed by atoms with E-state index in [-0.39, 0.29) is 6.04 Å². The van der Waals surface area contributed by atoms with Crippen molar-refractivity contribution in [3.8, 4) is 0 Å². The molecule has 0 aliphatic heterocycles. The normalized spacial score (nSPS) is 12.4. The second-order valence-corrected chi connectivity index (χ2v) is 4.80. The molecule has 3 N–H and O–H groups in total. The van der Waals surface area contributed by atoms with E-state index in [0.717, 1.165) is 0 Å². The van der Waals surface area contributed by atoms with Gasteiger partial charge in [-0.2, -0.15) is 0 Å². The summed E-state index contributed by atoms with van der Waals surface area (Å²) in [6.45, 7) is 6.36. The van der Waals surface area contributed by atoms with Crippen LogP contribution in [0.2, 0.25) is 0 Å². The predicted octanol–water partition coefficient (Wildman–Crippen LogP) is 3.16. The number of hydrogen-bond acceptors (Lipinski definition) is 2. The second kappa shape index (κ2) is 5.34. The topological polar surface area (TPSA) is 38.0 Å². The van der Waals surface area contributed by atoms with Crippen LogP contribution < -0.4 is 11.3 Å². The Balaban J connectivity index is 2.45. The van der Waals surface area contributed by atoms with E-state index in [1.54, 1.807) is 0 Å². The standard InChI is InChI=1S/C16H20N2/c1-11-8-9-14(10-13(11)3)16(18-17)15-7-5-4-6-12(15)2/h4-10,16,18H,17H2,1-3H3. The molecule has 1 unspecified atom stereocenters. The first-order chi connectivity index (χ1) is 8.63. The zero-order valence-corrected chi connectivity index (χ0v) is 11.2. The van der Waals surface area contributed by atoms with Gasteiger partial charge in [0, 0.05) is 0 Å². The number of rotatable bonds is 3. The molecule has 0 bridgehead atoms. The van der Waals surface area contributed by atoms with Crippen molar-refractivity contribution < 1.29 is 0 Å². The molecular weight excluding hydrogens is 220 g/mol. The molecule has 0 saturated carbocycles. The molecule has 18 heavy (non-hydrogen) atoms. The molecule has 0 fully saturated rings. The number of hydrazine groups is 1. The maximum atomic E-state index is 5.74. The molecule has 2 aromatic rings. The van der Waals surface area contributed by atoms with Crippen LogP contribution in [0.25, 0.3) is 0 Å². The lowest BCUT2D eigenvalue weighted by Gasteiger charge is -2.20. The molecule has 0 amide bonds. The van der Waals surface area contributed by atoms with Crippen molar-refractivity contribution in [2.24, 2.45) is 5.84 Å². The Morgan fingerprint density at radius 2 is 1.61 bits per heavy atom. The Morgan fingerprint density at radius 3 is 2.22 bits per heavy atom. The molecular formula is C16H20N2. The number of hydrogen-bond donors (Lipinski definition) is 2. The summed E-state index contributed by atoms with van der Waals surface area (Å²) in [5.74, 6) is 5.74. The third-order valence-electron chi connectivity index (χ3n) is 3.53. The molecule has 0 aliphatic rings. The molecule has 94 valence electrons. The van der Waals surface area contributed by atoms with Gasteiger partial charge >= 0.3 is 0 Å². The fourth-order valence-corrected chi connectivity index (χ4v) is 2.22. The summed E-state index contributed by atoms with van der Waals surface area (Å²) in [5.41, 5.74) is 9.20. The van der Waals surface area contributed by atoms with Crippen LogP contribution in [0.4, 0.5) is 0 Å². The van der Waals surface area contributed by atoms with Crippen molar-refractivity contribution in [1.29, 1.82) is 0 Å². The Hall–Kier alpha value is -1.64. The molecule has 0 saturated heterocycles. The summed E-state index contributed by atoms with van der Waals surface area (Å²) in [4.78, 5) is 0. The van der Waals surface area contributed by atoms with Crippen molar-refractivity contribution in [1.82, 2.24) is 5.43 Å². The lowest BCUT2D eigenvalue weighted by atomic mass is 9.93. The van der Waals surface area contributed by atoms with E-state index < -0.39 is 0 Å². The Kier molecular flexibility index (Phi) is 3.80. The highest BCUT2D eigenvalue weighted by Crippen LogP contribution is 2.25. The minimum Gasteiger partial charge on any atom is -0.271 e. The van der Waals surface area contributed by atoms with Gasteiger partial charge in [0.15, 0.2) is 0 Å². The van der Waals surface area contributed by atoms with Crippen LogP contribution in [-0.4, -0.2) is 0 Å². The van der Waals surface area contributed by atoms with Crippen molar-refractivity contribution in [2.45, 2.75) is 26.8 Å². The monoisotopic (exact) mass is 240 g/mol. The summed E-state index contributed by atoms with van der Waals surface area (Å²) in [6, 6.07) is 14.9.